The van der Waals surface area contributed by atoms with Crippen molar-refractivity contribution in [3.8, 4) is 0 Å². The summed E-state index contributed by atoms with van der Waals surface area (Å²) >= 11 is 0. The van der Waals surface area contributed by atoms with Crippen LogP contribution in [0.25, 0.3) is 0 Å². The highest BCUT2D eigenvalue weighted by Crippen LogP contribution is 2.26. The lowest BCUT2D eigenvalue weighted by Gasteiger charge is -2.16. The van der Waals surface area contributed by atoms with Crippen LogP contribution in [-0.4, -0.2) is 36.3 Å². The van der Waals surface area contributed by atoms with Crippen molar-refractivity contribution in [3.05, 3.63) is 42.0 Å². The molecule has 0 radical (unpaired) electrons. The van der Waals surface area contributed by atoms with Crippen LogP contribution < -0.4 is 5.32 Å². The summed E-state index contributed by atoms with van der Waals surface area (Å²) in [5.74, 6) is 0.621. The summed E-state index contributed by atoms with van der Waals surface area (Å²) in [7, 11) is -1.95. The number of aromatic amines is 1. The van der Waals surface area contributed by atoms with Gasteiger partial charge >= 0.3 is 0 Å². The van der Waals surface area contributed by atoms with Gasteiger partial charge in [0.1, 0.15) is 5.82 Å². The number of aromatic nitrogens is 2. The van der Waals surface area contributed by atoms with Crippen molar-refractivity contribution in [2.24, 2.45) is 0 Å². The Morgan fingerprint density at radius 1 is 1.40 bits per heavy atom. The number of imidazole rings is 1. The molecule has 0 saturated carbocycles. The zero-order valence-corrected chi connectivity index (χ0v) is 11.9. The van der Waals surface area contributed by atoms with E-state index in [2.05, 4.69) is 15.3 Å². The Balaban J connectivity index is 1.87. The summed E-state index contributed by atoms with van der Waals surface area (Å²) in [6.07, 6.45) is 4.22. The molecule has 0 amide bonds. The van der Waals surface area contributed by atoms with Gasteiger partial charge in [-0.3, -0.25) is 0 Å². The van der Waals surface area contributed by atoms with Gasteiger partial charge in [0.25, 0.3) is 0 Å². The third-order valence-electron chi connectivity index (χ3n) is 3.43. The molecule has 0 bridgehead atoms. The number of rotatable bonds is 4. The molecule has 1 aliphatic heterocycles. The summed E-state index contributed by atoms with van der Waals surface area (Å²) in [6, 6.07) is 5.25. The second kappa shape index (κ2) is 4.92. The fraction of sp³-hybridized carbons (Fsp3) is 0.308. The molecule has 0 saturated heterocycles. The Hall–Kier alpha value is -1.86. The Morgan fingerprint density at radius 3 is 3.00 bits per heavy atom. The van der Waals surface area contributed by atoms with E-state index in [9.17, 15) is 8.42 Å². The lowest BCUT2D eigenvalue weighted by Crippen LogP contribution is -2.27. The monoisotopic (exact) mass is 292 g/mol. The SMILES string of the molecule is CN(Cc1ncc[nH]1)S(=O)(=O)c1ccc2c(c1)NCC2. The lowest BCUT2D eigenvalue weighted by molar-refractivity contribution is 0.458. The number of hydrogen-bond donors (Lipinski definition) is 2. The van der Waals surface area contributed by atoms with Crippen molar-refractivity contribution in [2.75, 3.05) is 18.9 Å². The topological polar surface area (TPSA) is 78.1 Å². The van der Waals surface area contributed by atoms with Crippen molar-refractivity contribution in [2.45, 2.75) is 17.9 Å². The fourth-order valence-electron chi connectivity index (χ4n) is 2.29. The van der Waals surface area contributed by atoms with Crippen molar-refractivity contribution < 1.29 is 8.42 Å². The molecular weight excluding hydrogens is 276 g/mol. The average molecular weight is 292 g/mol. The number of nitrogens with one attached hydrogen (secondary N) is 2. The van der Waals surface area contributed by atoms with Gasteiger partial charge in [0.05, 0.1) is 11.4 Å². The molecule has 2 N–H and O–H groups in total. The van der Waals surface area contributed by atoms with E-state index in [0.717, 1.165) is 24.2 Å². The Labute approximate surface area is 117 Å². The largest absolute Gasteiger partial charge is 0.384 e. The minimum absolute atomic E-state index is 0.222. The van der Waals surface area contributed by atoms with E-state index in [4.69, 9.17) is 0 Å². The van der Waals surface area contributed by atoms with E-state index in [-0.39, 0.29) is 6.54 Å². The molecule has 0 unspecified atom stereocenters. The lowest BCUT2D eigenvalue weighted by atomic mass is 10.2. The summed E-state index contributed by atoms with van der Waals surface area (Å²) in [5, 5.41) is 3.20. The first-order valence-corrected chi connectivity index (χ1v) is 7.83. The summed E-state index contributed by atoms with van der Waals surface area (Å²) in [4.78, 5) is 7.26. The van der Waals surface area contributed by atoms with Gasteiger partial charge < -0.3 is 10.3 Å². The molecule has 7 heteroatoms. The predicted octanol–water partition coefficient (Wildman–Crippen LogP) is 1.20. The van der Waals surface area contributed by atoms with Crippen molar-refractivity contribution >= 4 is 15.7 Å². The molecule has 1 aromatic heterocycles. The normalized spacial score (nSPS) is 14.3. The third-order valence-corrected chi connectivity index (χ3v) is 5.23. The molecule has 0 spiro atoms. The highest BCUT2D eigenvalue weighted by Gasteiger charge is 2.23. The molecule has 3 rings (SSSR count). The maximum Gasteiger partial charge on any atom is 0.243 e. The molecule has 0 fully saturated rings. The smallest absolute Gasteiger partial charge is 0.243 e. The van der Waals surface area contributed by atoms with Crippen molar-refractivity contribution in [1.29, 1.82) is 0 Å². The van der Waals surface area contributed by atoms with Crippen LogP contribution in [0, 0.1) is 0 Å². The summed E-state index contributed by atoms with van der Waals surface area (Å²) in [6.45, 7) is 1.08. The first kappa shape index (κ1) is 13.1. The van der Waals surface area contributed by atoms with Crippen LogP contribution in [-0.2, 0) is 23.0 Å². The number of fused-ring (bicyclic) bond motifs is 1. The maximum absolute atomic E-state index is 12.5. The van der Waals surface area contributed by atoms with Crippen LogP contribution in [0.1, 0.15) is 11.4 Å². The molecule has 106 valence electrons. The summed E-state index contributed by atoms with van der Waals surface area (Å²) in [5.41, 5.74) is 2.08. The van der Waals surface area contributed by atoms with Crippen LogP contribution in [0.5, 0.6) is 0 Å². The number of anilines is 1. The van der Waals surface area contributed by atoms with Gasteiger partial charge in [-0.15, -0.1) is 0 Å². The second-order valence-corrected chi connectivity index (χ2v) is 6.84. The van der Waals surface area contributed by atoms with Gasteiger partial charge in [0.2, 0.25) is 10.0 Å². The molecule has 2 heterocycles. The molecule has 2 aromatic rings. The first-order chi connectivity index (χ1) is 9.57. The number of hydrogen-bond acceptors (Lipinski definition) is 4. The highest BCUT2D eigenvalue weighted by atomic mass is 32.2. The van der Waals surface area contributed by atoms with Crippen LogP contribution in [0.4, 0.5) is 5.69 Å². The zero-order valence-electron chi connectivity index (χ0n) is 11.1. The van der Waals surface area contributed by atoms with Crippen molar-refractivity contribution in [3.63, 3.8) is 0 Å². The first-order valence-electron chi connectivity index (χ1n) is 6.39. The van der Waals surface area contributed by atoms with Crippen LogP contribution in [0.2, 0.25) is 0 Å². The van der Waals surface area contributed by atoms with E-state index in [0.29, 0.717) is 10.7 Å². The standard InChI is InChI=1S/C13H16N4O2S/c1-17(9-13-15-6-7-16-13)20(18,19)11-3-2-10-4-5-14-12(10)8-11/h2-3,6-8,14H,4-5,9H2,1H3,(H,15,16). The minimum atomic E-state index is -3.50. The van der Waals surface area contributed by atoms with E-state index in [1.165, 1.54) is 4.31 Å². The van der Waals surface area contributed by atoms with E-state index in [1.54, 1.807) is 31.6 Å². The van der Waals surface area contributed by atoms with Crippen LogP contribution >= 0.6 is 0 Å². The van der Waals surface area contributed by atoms with Gasteiger partial charge in [0.15, 0.2) is 0 Å². The second-order valence-electron chi connectivity index (χ2n) is 4.79. The maximum atomic E-state index is 12.5. The molecular formula is C13H16N4O2S. The van der Waals surface area contributed by atoms with Gasteiger partial charge in [-0.25, -0.2) is 13.4 Å². The molecule has 6 nitrogen and oxygen atoms in total. The molecule has 1 aromatic carbocycles. The zero-order chi connectivity index (χ0) is 14.2. The number of nitrogens with zero attached hydrogens (tertiary/aromatic N) is 2. The van der Waals surface area contributed by atoms with Gasteiger partial charge in [0, 0.05) is 31.7 Å². The Bertz CT molecular complexity index is 710. The minimum Gasteiger partial charge on any atom is -0.384 e. The number of benzene rings is 1. The van der Waals surface area contributed by atoms with Gasteiger partial charge in [-0.2, -0.15) is 4.31 Å². The quantitative estimate of drug-likeness (QED) is 0.887. The van der Waals surface area contributed by atoms with Crippen LogP contribution in [0.3, 0.4) is 0 Å². The fourth-order valence-corrected chi connectivity index (χ4v) is 3.45. The van der Waals surface area contributed by atoms with Crippen molar-refractivity contribution in [1.82, 2.24) is 14.3 Å². The molecule has 0 atom stereocenters. The van der Waals surface area contributed by atoms with Gasteiger partial charge in [-0.05, 0) is 24.1 Å². The van der Waals surface area contributed by atoms with Gasteiger partial charge in [-0.1, -0.05) is 6.07 Å². The number of sulfonamides is 1. The molecule has 20 heavy (non-hydrogen) atoms. The summed E-state index contributed by atoms with van der Waals surface area (Å²) < 4.78 is 26.3. The Kier molecular flexibility index (Phi) is 3.23. The molecule has 1 aliphatic rings. The molecule has 0 aliphatic carbocycles. The number of H-pyrrole nitrogens is 1. The van der Waals surface area contributed by atoms with Crippen LogP contribution in [0.15, 0.2) is 35.5 Å². The third kappa shape index (κ3) is 2.30. The van der Waals surface area contributed by atoms with E-state index < -0.39 is 10.0 Å². The van der Waals surface area contributed by atoms with E-state index in [1.807, 2.05) is 6.07 Å². The highest BCUT2D eigenvalue weighted by molar-refractivity contribution is 7.89. The predicted molar refractivity (Wildman–Crippen MR) is 75.9 cm³/mol. The average Bonchev–Trinajstić information content (AvgIpc) is 3.07. The van der Waals surface area contributed by atoms with E-state index >= 15 is 0 Å². The Morgan fingerprint density at radius 2 is 2.25 bits per heavy atom.